The number of carboxylic acids is 1. The van der Waals surface area contributed by atoms with Gasteiger partial charge in [-0.3, -0.25) is 9.78 Å². The molecule has 0 bridgehead atoms. The number of halogens is 3. The number of hydrogen-bond acceptors (Lipinski definition) is 6. The van der Waals surface area contributed by atoms with Gasteiger partial charge in [0.05, 0.1) is 23.2 Å². The van der Waals surface area contributed by atoms with E-state index in [1.807, 2.05) is 41.8 Å². The molecule has 7 nitrogen and oxygen atoms in total. The van der Waals surface area contributed by atoms with E-state index < -0.39 is 12.1 Å². The van der Waals surface area contributed by atoms with E-state index in [4.69, 9.17) is 14.6 Å². The van der Waals surface area contributed by atoms with E-state index in [2.05, 4.69) is 4.98 Å². The molecule has 1 aromatic carbocycles. The molecule has 178 valence electrons. The van der Waals surface area contributed by atoms with E-state index in [1.165, 1.54) is 6.07 Å². The van der Waals surface area contributed by atoms with Crippen LogP contribution >= 0.6 is 11.8 Å². The van der Waals surface area contributed by atoms with Crippen LogP contribution in [0.4, 0.5) is 13.2 Å². The standard InChI is InChI=1S/C20H22N2O3S.C2HF3O2/c1-14-4-2-6-16(21-14)10-25-18-9-20(26-11-18)12-22(13-20)19(24)15-5-3-7-17(23)8-15;3-2(4,5)1(6)7/h2-8,18,23H,9-13H2,1H3;(H,6,7). The molecule has 3 heterocycles. The van der Waals surface area contributed by atoms with Gasteiger partial charge in [0.25, 0.3) is 5.91 Å². The van der Waals surface area contributed by atoms with Crippen molar-refractivity contribution in [3.05, 3.63) is 59.4 Å². The number of thioether (sulfide) groups is 1. The maximum absolute atomic E-state index is 12.5. The van der Waals surface area contributed by atoms with Crippen LogP contribution in [0.5, 0.6) is 5.75 Å². The summed E-state index contributed by atoms with van der Waals surface area (Å²) in [5, 5.41) is 16.7. The van der Waals surface area contributed by atoms with Gasteiger partial charge in [0.1, 0.15) is 5.75 Å². The number of rotatable bonds is 4. The third-order valence-electron chi connectivity index (χ3n) is 5.17. The Hall–Kier alpha value is -2.79. The van der Waals surface area contributed by atoms with E-state index in [9.17, 15) is 23.1 Å². The molecule has 1 unspecified atom stereocenters. The van der Waals surface area contributed by atoms with E-state index in [0.717, 1.165) is 36.7 Å². The second kappa shape index (κ2) is 10.0. The number of aryl methyl sites for hydroxylation is 1. The molecule has 2 aliphatic rings. The van der Waals surface area contributed by atoms with Crippen molar-refractivity contribution in [1.29, 1.82) is 0 Å². The number of pyridine rings is 1. The van der Waals surface area contributed by atoms with E-state index in [1.54, 1.807) is 18.2 Å². The zero-order valence-corrected chi connectivity index (χ0v) is 18.5. The van der Waals surface area contributed by atoms with Crippen molar-refractivity contribution in [3.63, 3.8) is 0 Å². The van der Waals surface area contributed by atoms with Crippen LogP contribution in [0.25, 0.3) is 0 Å². The molecule has 1 amide bonds. The number of benzene rings is 1. The molecule has 33 heavy (non-hydrogen) atoms. The van der Waals surface area contributed by atoms with Crippen LogP contribution in [0.15, 0.2) is 42.5 Å². The summed E-state index contributed by atoms with van der Waals surface area (Å²) in [4.78, 5) is 27.7. The molecule has 0 radical (unpaired) electrons. The van der Waals surface area contributed by atoms with Gasteiger partial charge in [-0.2, -0.15) is 13.2 Å². The Kier molecular flexibility index (Phi) is 7.53. The number of hydrogen-bond donors (Lipinski definition) is 2. The summed E-state index contributed by atoms with van der Waals surface area (Å²) in [5.74, 6) is -1.69. The van der Waals surface area contributed by atoms with Gasteiger partial charge >= 0.3 is 12.1 Å². The Morgan fingerprint density at radius 3 is 2.52 bits per heavy atom. The van der Waals surface area contributed by atoms with Crippen molar-refractivity contribution in [1.82, 2.24) is 9.88 Å². The zero-order valence-electron chi connectivity index (χ0n) is 17.7. The lowest BCUT2D eigenvalue weighted by Crippen LogP contribution is -2.60. The summed E-state index contributed by atoms with van der Waals surface area (Å²) in [6.45, 7) is 4.01. The Balaban J connectivity index is 0.000000383. The van der Waals surface area contributed by atoms with Gasteiger partial charge in [0.15, 0.2) is 0 Å². The first-order valence-corrected chi connectivity index (χ1v) is 11.0. The first-order valence-electron chi connectivity index (χ1n) is 10.0. The van der Waals surface area contributed by atoms with E-state index in [0.29, 0.717) is 12.2 Å². The van der Waals surface area contributed by atoms with Crippen molar-refractivity contribution in [2.45, 2.75) is 37.0 Å². The SMILES string of the molecule is Cc1cccc(COC2CSC3(C2)CN(C(=O)c2cccc(O)c2)C3)n1.O=C(O)C(F)(F)F. The number of ether oxygens (including phenoxy) is 1. The molecule has 2 aliphatic heterocycles. The number of likely N-dealkylation sites (tertiary alicyclic amines) is 1. The first kappa shape index (κ1) is 24.8. The molecular weight excluding hydrogens is 461 g/mol. The summed E-state index contributed by atoms with van der Waals surface area (Å²) in [7, 11) is 0. The number of phenols is 1. The van der Waals surface area contributed by atoms with Crippen molar-refractivity contribution in [2.75, 3.05) is 18.8 Å². The van der Waals surface area contributed by atoms with Gasteiger partial charge < -0.3 is 19.8 Å². The van der Waals surface area contributed by atoms with Gasteiger partial charge in [0.2, 0.25) is 0 Å². The second-order valence-corrected chi connectivity index (χ2v) is 9.40. The molecule has 4 rings (SSSR count). The molecule has 0 saturated carbocycles. The van der Waals surface area contributed by atoms with Crippen LogP contribution in [-0.2, 0) is 16.1 Å². The first-order chi connectivity index (χ1) is 15.5. The summed E-state index contributed by atoms with van der Waals surface area (Å²) in [6, 6.07) is 12.5. The van der Waals surface area contributed by atoms with Crippen LogP contribution in [0.2, 0.25) is 0 Å². The summed E-state index contributed by atoms with van der Waals surface area (Å²) >= 11 is 1.91. The predicted octanol–water partition coefficient (Wildman–Crippen LogP) is 3.65. The summed E-state index contributed by atoms with van der Waals surface area (Å²) in [6.07, 6.45) is -3.91. The fourth-order valence-corrected chi connectivity index (χ4v) is 5.18. The molecule has 11 heteroatoms. The quantitative estimate of drug-likeness (QED) is 0.684. The minimum Gasteiger partial charge on any atom is -0.508 e. The summed E-state index contributed by atoms with van der Waals surface area (Å²) < 4.78 is 37.9. The second-order valence-electron chi connectivity index (χ2n) is 7.92. The number of alkyl halides is 3. The molecule has 1 atom stereocenters. The Bertz CT molecular complexity index is 1010. The molecule has 1 aromatic heterocycles. The number of aromatic nitrogens is 1. The Labute approximate surface area is 192 Å². The number of carboxylic acid groups (broad SMARTS) is 1. The third-order valence-corrected chi connectivity index (χ3v) is 6.74. The third kappa shape index (κ3) is 6.61. The molecule has 0 aliphatic carbocycles. The average Bonchev–Trinajstić information content (AvgIpc) is 3.15. The van der Waals surface area contributed by atoms with Gasteiger partial charge in [-0.1, -0.05) is 12.1 Å². The normalized spacial score (nSPS) is 18.9. The number of nitrogens with zero attached hydrogens (tertiary/aromatic N) is 2. The monoisotopic (exact) mass is 484 g/mol. The van der Waals surface area contributed by atoms with Crippen molar-refractivity contribution < 1.29 is 37.7 Å². The fourth-order valence-electron chi connectivity index (χ4n) is 3.63. The zero-order chi connectivity index (χ0) is 24.2. The van der Waals surface area contributed by atoms with Gasteiger partial charge in [-0.15, -0.1) is 11.8 Å². The number of phenolic OH excluding ortho intramolecular Hbond substituents is 1. The lowest BCUT2D eigenvalue weighted by Gasteiger charge is -2.47. The highest BCUT2D eigenvalue weighted by atomic mass is 32.2. The molecule has 2 aromatic rings. The molecular formula is C22H23F3N2O5S. The number of aliphatic carboxylic acids is 1. The van der Waals surface area contributed by atoms with E-state index in [-0.39, 0.29) is 22.5 Å². The Morgan fingerprint density at radius 2 is 1.91 bits per heavy atom. The summed E-state index contributed by atoms with van der Waals surface area (Å²) in [5.41, 5.74) is 2.51. The van der Waals surface area contributed by atoms with Crippen molar-refractivity contribution in [3.8, 4) is 5.75 Å². The minimum atomic E-state index is -5.08. The van der Waals surface area contributed by atoms with Crippen LogP contribution in [0, 0.1) is 6.92 Å². The highest BCUT2D eigenvalue weighted by molar-refractivity contribution is 8.01. The number of aromatic hydroxyl groups is 1. The number of carbonyl (C=O) groups is 2. The van der Waals surface area contributed by atoms with Gasteiger partial charge in [-0.05, 0) is 43.7 Å². The van der Waals surface area contributed by atoms with Crippen LogP contribution in [-0.4, -0.2) is 67.8 Å². The maximum atomic E-state index is 12.5. The van der Waals surface area contributed by atoms with E-state index >= 15 is 0 Å². The highest BCUT2D eigenvalue weighted by Gasteiger charge is 2.51. The molecule has 1 spiro atoms. The van der Waals surface area contributed by atoms with Gasteiger partial charge in [-0.25, -0.2) is 4.79 Å². The predicted molar refractivity (Wildman–Crippen MR) is 115 cm³/mol. The van der Waals surface area contributed by atoms with Crippen molar-refractivity contribution >= 4 is 23.6 Å². The van der Waals surface area contributed by atoms with Crippen molar-refractivity contribution in [2.24, 2.45) is 0 Å². The Morgan fingerprint density at radius 1 is 1.24 bits per heavy atom. The largest absolute Gasteiger partial charge is 0.508 e. The van der Waals surface area contributed by atoms with Crippen LogP contribution in [0.3, 0.4) is 0 Å². The number of carbonyl (C=O) groups excluding carboxylic acids is 1. The highest BCUT2D eigenvalue weighted by Crippen LogP contribution is 2.46. The molecule has 2 saturated heterocycles. The maximum Gasteiger partial charge on any atom is 0.490 e. The van der Waals surface area contributed by atoms with Crippen LogP contribution in [0.1, 0.15) is 28.2 Å². The van der Waals surface area contributed by atoms with Gasteiger partial charge in [0, 0.05) is 30.1 Å². The minimum absolute atomic E-state index is 0.0135. The number of amides is 1. The average molecular weight is 484 g/mol. The smallest absolute Gasteiger partial charge is 0.490 e. The molecule has 2 N–H and O–H groups in total. The lowest BCUT2D eigenvalue weighted by molar-refractivity contribution is -0.192. The lowest BCUT2D eigenvalue weighted by atomic mass is 9.92. The molecule has 2 fully saturated rings. The topological polar surface area (TPSA) is 100.0 Å². The fraction of sp³-hybridized carbons (Fsp3) is 0.409. The van der Waals surface area contributed by atoms with Crippen LogP contribution < -0.4 is 0 Å².